The molecular weight excluding hydrogens is 234 g/mol. The van der Waals surface area contributed by atoms with Crippen LogP contribution in [0.15, 0.2) is 41.5 Å². The van der Waals surface area contributed by atoms with Gasteiger partial charge in [0, 0.05) is 31.1 Å². The Kier molecular flexibility index (Phi) is 3.09. The highest BCUT2D eigenvalue weighted by Crippen LogP contribution is 2.18. The van der Waals surface area contributed by atoms with Crippen LogP contribution < -0.4 is 10.9 Å². The van der Waals surface area contributed by atoms with Crippen LogP contribution in [0.1, 0.15) is 10.4 Å². The summed E-state index contributed by atoms with van der Waals surface area (Å²) in [6, 6.07) is 5.68. The van der Waals surface area contributed by atoms with E-state index >= 15 is 0 Å². The number of nitrogens with zero attached hydrogens (tertiary/aromatic N) is 2. The molecule has 0 aromatic carbocycles. The van der Waals surface area contributed by atoms with E-state index in [0.29, 0.717) is 0 Å². The Balaban J connectivity index is 2.25. The minimum Gasteiger partial charge on any atom is -0.504 e. The second-order valence-corrected chi connectivity index (χ2v) is 3.69. The number of aromatic nitrogens is 2. The summed E-state index contributed by atoms with van der Waals surface area (Å²) < 4.78 is 1.36. The maximum atomic E-state index is 11.8. The molecule has 0 saturated heterocycles. The van der Waals surface area contributed by atoms with Gasteiger partial charge in [-0.3, -0.25) is 9.59 Å². The lowest BCUT2D eigenvalue weighted by molar-refractivity contribution is 0.102. The number of anilines is 1. The molecule has 0 aliphatic carbocycles. The second-order valence-electron chi connectivity index (χ2n) is 3.69. The van der Waals surface area contributed by atoms with Crippen LogP contribution in [0.5, 0.6) is 5.75 Å². The average Bonchev–Trinajstić information content (AvgIpc) is 2.35. The lowest BCUT2D eigenvalue weighted by Gasteiger charge is -2.06. The van der Waals surface area contributed by atoms with Gasteiger partial charge in [-0.15, -0.1) is 0 Å². The number of hydrogen-bond donors (Lipinski definition) is 2. The third-order valence-electron chi connectivity index (χ3n) is 2.38. The molecule has 0 spiro atoms. The van der Waals surface area contributed by atoms with Crippen molar-refractivity contribution in [2.24, 2.45) is 7.05 Å². The van der Waals surface area contributed by atoms with E-state index in [1.165, 1.54) is 35.2 Å². The summed E-state index contributed by atoms with van der Waals surface area (Å²) in [5.74, 6) is -0.570. The van der Waals surface area contributed by atoms with E-state index in [4.69, 9.17) is 0 Å². The molecule has 2 N–H and O–H groups in total. The predicted octanol–water partition coefficient (Wildman–Crippen LogP) is 0.738. The normalized spacial score (nSPS) is 10.1. The Morgan fingerprint density at radius 3 is 2.89 bits per heavy atom. The molecule has 0 fully saturated rings. The summed E-state index contributed by atoms with van der Waals surface area (Å²) in [4.78, 5) is 27.0. The van der Waals surface area contributed by atoms with E-state index < -0.39 is 5.91 Å². The highest BCUT2D eigenvalue weighted by molar-refractivity contribution is 6.04. The van der Waals surface area contributed by atoms with Gasteiger partial charge in [0.05, 0.1) is 0 Å². The summed E-state index contributed by atoms with van der Waals surface area (Å²) in [6.45, 7) is 0. The molecule has 2 rings (SSSR count). The second kappa shape index (κ2) is 4.70. The Hall–Kier alpha value is -2.63. The minimum atomic E-state index is -0.498. The highest BCUT2D eigenvalue weighted by Gasteiger charge is 2.10. The maximum Gasteiger partial charge on any atom is 0.257 e. The maximum absolute atomic E-state index is 11.8. The molecular formula is C12H11N3O3. The fraction of sp³-hybridized carbons (Fsp3) is 0.0833. The first-order chi connectivity index (χ1) is 8.58. The van der Waals surface area contributed by atoms with Gasteiger partial charge in [-0.25, -0.2) is 4.98 Å². The lowest BCUT2D eigenvalue weighted by Crippen LogP contribution is -2.20. The SMILES string of the molecule is Cn1ccc(C(=O)Nc2ncccc2O)cc1=O. The molecule has 6 nitrogen and oxygen atoms in total. The molecule has 92 valence electrons. The summed E-state index contributed by atoms with van der Waals surface area (Å²) in [7, 11) is 1.59. The van der Waals surface area contributed by atoms with Crippen molar-refractivity contribution >= 4 is 11.7 Å². The summed E-state index contributed by atoms with van der Waals surface area (Å²) in [5, 5.41) is 11.9. The Bertz CT molecular complexity index is 649. The highest BCUT2D eigenvalue weighted by atomic mass is 16.3. The number of hydrogen-bond acceptors (Lipinski definition) is 4. The molecule has 2 aromatic heterocycles. The van der Waals surface area contributed by atoms with Crippen LogP contribution in [0, 0.1) is 0 Å². The number of nitrogens with one attached hydrogen (secondary N) is 1. The number of aromatic hydroxyl groups is 1. The van der Waals surface area contributed by atoms with Gasteiger partial charge in [0.2, 0.25) is 0 Å². The topological polar surface area (TPSA) is 84.2 Å². The fourth-order valence-electron chi connectivity index (χ4n) is 1.36. The fourth-order valence-corrected chi connectivity index (χ4v) is 1.36. The van der Waals surface area contributed by atoms with Crippen molar-refractivity contribution in [1.29, 1.82) is 0 Å². The van der Waals surface area contributed by atoms with Crippen LogP contribution in [-0.2, 0) is 7.05 Å². The largest absolute Gasteiger partial charge is 0.504 e. The molecule has 0 radical (unpaired) electrons. The summed E-state index contributed by atoms with van der Waals surface area (Å²) in [6.07, 6.45) is 2.94. The zero-order valence-corrected chi connectivity index (χ0v) is 9.62. The molecule has 6 heteroatoms. The van der Waals surface area contributed by atoms with Crippen LogP contribution in [0.2, 0.25) is 0 Å². The molecule has 2 heterocycles. The van der Waals surface area contributed by atoms with Gasteiger partial charge in [-0.05, 0) is 18.2 Å². The molecule has 0 aliphatic heterocycles. The molecule has 0 bridgehead atoms. The van der Waals surface area contributed by atoms with Crippen molar-refractivity contribution in [3.63, 3.8) is 0 Å². The molecule has 1 amide bonds. The molecule has 2 aromatic rings. The first-order valence-electron chi connectivity index (χ1n) is 5.20. The summed E-state index contributed by atoms with van der Waals surface area (Å²) in [5.41, 5.74) is -0.0731. The zero-order valence-electron chi connectivity index (χ0n) is 9.62. The van der Waals surface area contributed by atoms with E-state index in [9.17, 15) is 14.7 Å². The Labute approximate surface area is 103 Å². The smallest absolute Gasteiger partial charge is 0.257 e. The third kappa shape index (κ3) is 2.37. The van der Waals surface area contributed by atoms with Crippen molar-refractivity contribution in [3.05, 3.63) is 52.6 Å². The number of carbonyl (C=O) groups is 1. The van der Waals surface area contributed by atoms with Gasteiger partial charge in [-0.1, -0.05) is 0 Å². The van der Waals surface area contributed by atoms with Crippen molar-refractivity contribution in [3.8, 4) is 5.75 Å². The van der Waals surface area contributed by atoms with Crippen LogP contribution >= 0.6 is 0 Å². The number of pyridine rings is 2. The number of aryl methyl sites for hydroxylation is 1. The van der Waals surface area contributed by atoms with E-state index in [-0.39, 0.29) is 22.7 Å². The van der Waals surface area contributed by atoms with Gasteiger partial charge < -0.3 is 15.0 Å². The Morgan fingerprint density at radius 2 is 2.22 bits per heavy atom. The number of amides is 1. The monoisotopic (exact) mass is 245 g/mol. The van der Waals surface area contributed by atoms with Crippen molar-refractivity contribution < 1.29 is 9.90 Å². The van der Waals surface area contributed by atoms with Crippen LogP contribution in [0.3, 0.4) is 0 Å². The molecule has 0 aliphatic rings. The van der Waals surface area contributed by atoms with Gasteiger partial charge in [0.15, 0.2) is 11.6 Å². The summed E-state index contributed by atoms with van der Waals surface area (Å²) >= 11 is 0. The average molecular weight is 245 g/mol. The molecule has 0 saturated carbocycles. The number of carbonyl (C=O) groups excluding carboxylic acids is 1. The quantitative estimate of drug-likeness (QED) is 0.817. The van der Waals surface area contributed by atoms with Gasteiger partial charge in [0.1, 0.15) is 0 Å². The first kappa shape index (κ1) is 11.8. The Morgan fingerprint density at radius 1 is 1.44 bits per heavy atom. The van der Waals surface area contributed by atoms with Gasteiger partial charge in [-0.2, -0.15) is 0 Å². The number of rotatable bonds is 2. The molecule has 0 atom stereocenters. The minimum absolute atomic E-state index is 0.0585. The molecule has 0 unspecified atom stereocenters. The van der Waals surface area contributed by atoms with Crippen molar-refractivity contribution in [2.45, 2.75) is 0 Å². The van der Waals surface area contributed by atoms with Crippen molar-refractivity contribution in [1.82, 2.24) is 9.55 Å². The lowest BCUT2D eigenvalue weighted by atomic mass is 10.2. The van der Waals surface area contributed by atoms with E-state index in [2.05, 4.69) is 10.3 Å². The van der Waals surface area contributed by atoms with E-state index in [1.807, 2.05) is 0 Å². The standard InChI is InChI=1S/C12H11N3O3/c1-15-6-4-8(7-10(15)17)12(18)14-11-9(16)3-2-5-13-11/h2-7,16H,1H3,(H,13,14,18). The third-order valence-corrected chi connectivity index (χ3v) is 2.38. The van der Waals surface area contributed by atoms with Crippen LogP contribution in [0.25, 0.3) is 0 Å². The van der Waals surface area contributed by atoms with E-state index in [1.54, 1.807) is 13.1 Å². The van der Waals surface area contributed by atoms with Gasteiger partial charge >= 0.3 is 0 Å². The molecule has 18 heavy (non-hydrogen) atoms. The van der Waals surface area contributed by atoms with Gasteiger partial charge in [0.25, 0.3) is 11.5 Å². The van der Waals surface area contributed by atoms with Crippen molar-refractivity contribution in [2.75, 3.05) is 5.32 Å². The first-order valence-corrected chi connectivity index (χ1v) is 5.20. The predicted molar refractivity (Wildman–Crippen MR) is 65.5 cm³/mol. The zero-order chi connectivity index (χ0) is 13.1. The van der Waals surface area contributed by atoms with E-state index in [0.717, 1.165) is 0 Å². The van der Waals surface area contributed by atoms with Crippen LogP contribution in [0.4, 0.5) is 5.82 Å². The van der Waals surface area contributed by atoms with Crippen LogP contribution in [-0.4, -0.2) is 20.6 Å².